The van der Waals surface area contributed by atoms with Gasteiger partial charge < -0.3 is 14.2 Å². The Balaban J connectivity index is 1.48. The van der Waals surface area contributed by atoms with Crippen LogP contribution in [0.5, 0.6) is 0 Å². The Labute approximate surface area is 236 Å². The third-order valence-corrected chi connectivity index (χ3v) is 10.7. The smallest absolute Gasteiger partial charge is 0.461 e. The molecule has 39 heavy (non-hydrogen) atoms. The first kappa shape index (κ1) is 29.9. The number of cyclic esters (lactones) is 2. The summed E-state index contributed by atoms with van der Waals surface area (Å²) in [6, 6.07) is 0. The van der Waals surface area contributed by atoms with Gasteiger partial charge in [-0.3, -0.25) is 4.79 Å². The van der Waals surface area contributed by atoms with E-state index in [9.17, 15) is 9.59 Å². The van der Waals surface area contributed by atoms with Gasteiger partial charge in [-0.05, 0) is 86.4 Å². The number of fused-ring (bicyclic) bond motifs is 1. The summed E-state index contributed by atoms with van der Waals surface area (Å²) in [6.07, 6.45) is 19.3. The van der Waals surface area contributed by atoms with Crippen molar-refractivity contribution in [2.24, 2.45) is 39.9 Å². The Kier molecular flexibility index (Phi) is 9.08. The monoisotopic (exact) mass is 540 g/mol. The molecule has 5 nitrogen and oxygen atoms in total. The highest BCUT2D eigenvalue weighted by atomic mass is 16.7. The van der Waals surface area contributed by atoms with Crippen molar-refractivity contribution in [1.82, 2.24) is 0 Å². The van der Waals surface area contributed by atoms with Crippen molar-refractivity contribution in [2.75, 3.05) is 13.2 Å². The third kappa shape index (κ3) is 6.49. The van der Waals surface area contributed by atoms with Crippen LogP contribution >= 0.6 is 0 Å². The van der Waals surface area contributed by atoms with Gasteiger partial charge in [-0.25, -0.2) is 4.79 Å². The van der Waals surface area contributed by atoms with Crippen LogP contribution in [-0.2, 0) is 19.0 Å². The van der Waals surface area contributed by atoms with Crippen molar-refractivity contribution < 1.29 is 23.8 Å². The van der Waals surface area contributed by atoms with Gasteiger partial charge in [0.1, 0.15) is 24.7 Å². The van der Waals surface area contributed by atoms with E-state index in [4.69, 9.17) is 14.2 Å². The third-order valence-electron chi connectivity index (χ3n) is 10.7. The highest BCUT2D eigenvalue weighted by Crippen LogP contribution is 2.59. The quantitative estimate of drug-likeness (QED) is 0.239. The zero-order valence-electron chi connectivity index (χ0n) is 25.5. The summed E-state index contributed by atoms with van der Waals surface area (Å²) >= 11 is 0. The summed E-state index contributed by atoms with van der Waals surface area (Å²) in [5.74, 6) is 2.23. The minimum absolute atomic E-state index is 0.00477. The Morgan fingerprint density at radius 1 is 0.949 bits per heavy atom. The van der Waals surface area contributed by atoms with Crippen LogP contribution in [0.25, 0.3) is 0 Å². The molecule has 0 aromatic heterocycles. The molecule has 1 saturated heterocycles. The van der Waals surface area contributed by atoms with E-state index in [1.165, 1.54) is 44.1 Å². The lowest BCUT2D eigenvalue weighted by molar-refractivity contribution is -0.172. The summed E-state index contributed by atoms with van der Waals surface area (Å²) in [5.41, 5.74) is 2.53. The Morgan fingerprint density at radius 2 is 1.64 bits per heavy atom. The Hall–Kier alpha value is -2.04. The number of allylic oxidation sites excluding steroid dienone is 5. The maximum atomic E-state index is 13.0. The van der Waals surface area contributed by atoms with E-state index in [1.807, 2.05) is 0 Å². The first-order valence-corrected chi connectivity index (χ1v) is 15.5. The van der Waals surface area contributed by atoms with Gasteiger partial charge in [0.15, 0.2) is 0 Å². The van der Waals surface area contributed by atoms with Gasteiger partial charge in [0.2, 0.25) is 0 Å². The number of carbonyl (C=O) groups is 2. The fraction of sp³-hybridized carbons (Fsp3) is 0.765. The molecular weight excluding hydrogens is 488 g/mol. The molecule has 4 aliphatic rings. The molecule has 5 heteroatoms. The predicted octanol–water partition coefficient (Wildman–Crippen LogP) is 8.59. The van der Waals surface area contributed by atoms with Crippen LogP contribution in [0.15, 0.2) is 35.5 Å². The van der Waals surface area contributed by atoms with Crippen molar-refractivity contribution in [2.45, 2.75) is 112 Å². The first-order chi connectivity index (χ1) is 18.4. The first-order valence-electron chi connectivity index (χ1n) is 15.5. The van der Waals surface area contributed by atoms with Gasteiger partial charge >= 0.3 is 12.1 Å². The average Bonchev–Trinajstić information content (AvgIpc) is 3.35. The number of ether oxygens (including phenoxy) is 3. The highest BCUT2D eigenvalue weighted by molar-refractivity contribution is 5.78. The number of hydrogen-bond acceptors (Lipinski definition) is 5. The minimum atomic E-state index is -0.946. The van der Waals surface area contributed by atoms with E-state index in [0.29, 0.717) is 29.1 Å². The van der Waals surface area contributed by atoms with E-state index in [2.05, 4.69) is 65.8 Å². The van der Waals surface area contributed by atoms with Crippen LogP contribution < -0.4 is 0 Å². The van der Waals surface area contributed by atoms with Gasteiger partial charge in [0, 0.05) is 6.42 Å². The van der Waals surface area contributed by atoms with Gasteiger partial charge in [-0.2, -0.15) is 0 Å². The standard InChI is InChI=1S/C34H52O5/c1-23(2)24(3)12-13-25(4)34-17-8-10-26(29(34)11-9-18-34)14-15-27-20-28(16-19-32(27,5)6)39-30(35)33(7)21-37-31(36)38-22-33/h12-15,23-25,28-29H,8-11,16-22H2,1-7H3/b13-12+,26-14+,27-15-/t24-,25+,28-,29-,34+/m0/s1. The SMILES string of the molecule is CC(C)[C@@H](C)/C=C/[C@@H](C)[C@]12CCC/C(=C\C=C3\C[C@@H](OC(=O)C4(C)COC(=O)OC4)CCC3(C)C)[C@@H]1CCC2. The molecule has 218 valence electrons. The fourth-order valence-electron chi connectivity index (χ4n) is 7.31. The van der Waals surface area contributed by atoms with Crippen LogP contribution in [0.1, 0.15) is 106 Å². The molecule has 0 bridgehead atoms. The number of esters is 1. The molecule has 0 spiro atoms. The maximum Gasteiger partial charge on any atom is 0.508 e. The van der Waals surface area contributed by atoms with E-state index in [-0.39, 0.29) is 30.7 Å². The molecule has 1 heterocycles. The van der Waals surface area contributed by atoms with E-state index in [0.717, 1.165) is 19.3 Å². The molecule has 0 aromatic rings. The maximum absolute atomic E-state index is 13.0. The molecule has 4 rings (SSSR count). The molecule has 4 fully saturated rings. The largest absolute Gasteiger partial charge is 0.508 e. The molecule has 5 atom stereocenters. The number of rotatable bonds is 7. The van der Waals surface area contributed by atoms with Crippen LogP contribution in [0.4, 0.5) is 4.79 Å². The normalized spacial score (nSPS) is 34.0. The molecule has 3 aliphatic carbocycles. The zero-order valence-corrected chi connectivity index (χ0v) is 25.5. The summed E-state index contributed by atoms with van der Waals surface area (Å²) in [6.45, 7) is 15.8. The van der Waals surface area contributed by atoms with Crippen molar-refractivity contribution >= 4 is 12.1 Å². The summed E-state index contributed by atoms with van der Waals surface area (Å²) in [4.78, 5) is 24.3. The zero-order chi connectivity index (χ0) is 28.4. The second kappa shape index (κ2) is 11.8. The van der Waals surface area contributed by atoms with Gasteiger partial charge in [-0.1, -0.05) is 83.4 Å². The topological polar surface area (TPSA) is 61.8 Å². The van der Waals surface area contributed by atoms with E-state index >= 15 is 0 Å². The Morgan fingerprint density at radius 3 is 2.33 bits per heavy atom. The van der Waals surface area contributed by atoms with Crippen molar-refractivity contribution in [3.63, 3.8) is 0 Å². The average molecular weight is 541 g/mol. The summed E-state index contributed by atoms with van der Waals surface area (Å²) in [7, 11) is 0. The van der Waals surface area contributed by atoms with Gasteiger partial charge in [-0.15, -0.1) is 0 Å². The van der Waals surface area contributed by atoms with Gasteiger partial charge in [0.25, 0.3) is 0 Å². The van der Waals surface area contributed by atoms with Crippen LogP contribution in [0.3, 0.4) is 0 Å². The molecule has 0 aromatic carbocycles. The minimum Gasteiger partial charge on any atom is -0.461 e. The highest BCUT2D eigenvalue weighted by Gasteiger charge is 2.49. The number of carbonyl (C=O) groups excluding carboxylic acids is 2. The van der Waals surface area contributed by atoms with Crippen molar-refractivity contribution in [1.29, 1.82) is 0 Å². The number of hydrogen-bond donors (Lipinski definition) is 0. The molecule has 0 amide bonds. The van der Waals surface area contributed by atoms with Gasteiger partial charge in [0.05, 0.1) is 0 Å². The lowest BCUT2D eigenvalue weighted by atomic mass is 9.59. The molecule has 0 N–H and O–H groups in total. The Bertz CT molecular complexity index is 991. The van der Waals surface area contributed by atoms with Crippen molar-refractivity contribution in [3.8, 4) is 0 Å². The summed E-state index contributed by atoms with van der Waals surface area (Å²) < 4.78 is 15.9. The molecular formula is C34H52O5. The second-order valence-electron chi connectivity index (χ2n) is 14.3. The molecule has 0 unspecified atom stereocenters. The van der Waals surface area contributed by atoms with Crippen molar-refractivity contribution in [3.05, 3.63) is 35.5 Å². The van der Waals surface area contributed by atoms with Crippen LogP contribution in [0.2, 0.25) is 0 Å². The van der Waals surface area contributed by atoms with E-state index in [1.54, 1.807) is 12.5 Å². The van der Waals surface area contributed by atoms with Crippen LogP contribution in [-0.4, -0.2) is 31.4 Å². The summed E-state index contributed by atoms with van der Waals surface area (Å²) in [5, 5.41) is 0. The lowest BCUT2D eigenvalue weighted by Gasteiger charge is -2.45. The lowest BCUT2D eigenvalue weighted by Crippen LogP contribution is -2.45. The van der Waals surface area contributed by atoms with E-state index < -0.39 is 11.6 Å². The molecule has 3 saturated carbocycles. The molecule has 1 aliphatic heterocycles. The second-order valence-corrected chi connectivity index (χ2v) is 14.3. The fourth-order valence-corrected chi connectivity index (χ4v) is 7.31. The predicted molar refractivity (Wildman–Crippen MR) is 155 cm³/mol. The molecule has 0 radical (unpaired) electrons. The van der Waals surface area contributed by atoms with Crippen LogP contribution in [0, 0.1) is 39.9 Å².